The van der Waals surface area contributed by atoms with Gasteiger partial charge in [-0.3, -0.25) is 9.69 Å². The van der Waals surface area contributed by atoms with E-state index < -0.39 is 23.2 Å². The Morgan fingerprint density at radius 1 is 1.21 bits per heavy atom. The normalized spacial score (nSPS) is 20.7. The Kier molecular flexibility index (Phi) is 4.96. The van der Waals surface area contributed by atoms with Gasteiger partial charge in [-0.25, -0.2) is 9.59 Å². The van der Waals surface area contributed by atoms with E-state index in [0.717, 1.165) is 0 Å². The molecule has 2 rings (SSSR count). The molecule has 24 heavy (non-hydrogen) atoms. The highest BCUT2D eigenvalue weighted by Gasteiger charge is 2.52. The van der Waals surface area contributed by atoms with E-state index in [4.69, 9.17) is 4.74 Å². The summed E-state index contributed by atoms with van der Waals surface area (Å²) in [6.07, 6.45) is -0.192. The van der Waals surface area contributed by atoms with E-state index in [-0.39, 0.29) is 25.2 Å². The van der Waals surface area contributed by atoms with E-state index >= 15 is 0 Å². The number of benzene rings is 1. The molecule has 0 aliphatic carbocycles. The summed E-state index contributed by atoms with van der Waals surface area (Å²) in [5.41, 5.74) is -1.84. The van der Waals surface area contributed by atoms with E-state index in [1.165, 1.54) is 4.90 Å². The molecule has 1 aliphatic heterocycles. The molecule has 1 aromatic carbocycles. The maximum atomic E-state index is 12.5. The number of likely N-dealkylation sites (tertiary alicyclic amines) is 1. The minimum atomic E-state index is -1.55. The number of aliphatic carboxylic acids is 1. The van der Waals surface area contributed by atoms with Gasteiger partial charge in [0, 0.05) is 18.5 Å². The Bertz CT molecular complexity index is 635. The molecule has 1 saturated heterocycles. The highest BCUT2D eigenvalue weighted by molar-refractivity contribution is 6.01. The largest absolute Gasteiger partial charge is 0.479 e. The van der Waals surface area contributed by atoms with Crippen molar-refractivity contribution >= 4 is 17.8 Å². The summed E-state index contributed by atoms with van der Waals surface area (Å²) in [6.45, 7) is 5.43. The Morgan fingerprint density at radius 3 is 2.38 bits per heavy atom. The lowest BCUT2D eigenvalue weighted by Gasteiger charge is -2.35. The number of ether oxygens (including phenoxy) is 1. The van der Waals surface area contributed by atoms with Crippen molar-refractivity contribution in [1.82, 2.24) is 4.90 Å². The average Bonchev–Trinajstić information content (AvgIpc) is 2.91. The minimum absolute atomic E-state index is 0.236. The van der Waals surface area contributed by atoms with Crippen LogP contribution >= 0.6 is 0 Å². The Hall–Kier alpha value is -2.37. The van der Waals surface area contributed by atoms with Gasteiger partial charge >= 0.3 is 12.1 Å². The van der Waals surface area contributed by atoms with E-state index in [2.05, 4.69) is 0 Å². The van der Waals surface area contributed by atoms with Crippen LogP contribution in [0.4, 0.5) is 4.79 Å². The van der Waals surface area contributed by atoms with Gasteiger partial charge in [0.1, 0.15) is 5.60 Å². The molecule has 1 atom stereocenters. The summed E-state index contributed by atoms with van der Waals surface area (Å²) < 4.78 is 5.33. The molecule has 0 spiro atoms. The minimum Gasteiger partial charge on any atom is -0.479 e. The molecule has 1 fully saturated rings. The molecule has 130 valence electrons. The summed E-state index contributed by atoms with van der Waals surface area (Å²) in [5.74, 6) is -1.47. The Morgan fingerprint density at radius 2 is 1.83 bits per heavy atom. The predicted molar refractivity (Wildman–Crippen MR) is 87.9 cm³/mol. The second kappa shape index (κ2) is 6.63. The molecule has 0 saturated carbocycles. The van der Waals surface area contributed by atoms with Crippen LogP contribution in [0.1, 0.15) is 50.4 Å². The van der Waals surface area contributed by atoms with Crippen molar-refractivity contribution in [3.8, 4) is 0 Å². The first-order chi connectivity index (χ1) is 11.2. The molecule has 1 amide bonds. The first-order valence-electron chi connectivity index (χ1n) is 7.98. The second-order valence-electron chi connectivity index (χ2n) is 7.04. The average molecular weight is 333 g/mol. The molecular weight excluding hydrogens is 310 g/mol. The highest BCUT2D eigenvalue weighted by Crippen LogP contribution is 2.35. The predicted octanol–water partition coefficient (Wildman–Crippen LogP) is 3.11. The topological polar surface area (TPSA) is 83.9 Å². The van der Waals surface area contributed by atoms with E-state index in [0.29, 0.717) is 12.0 Å². The van der Waals surface area contributed by atoms with Gasteiger partial charge in [0.25, 0.3) is 0 Å². The third-order valence-corrected chi connectivity index (χ3v) is 4.05. The van der Waals surface area contributed by atoms with Gasteiger partial charge in [0.05, 0.1) is 0 Å². The van der Waals surface area contributed by atoms with Crippen LogP contribution in [0.2, 0.25) is 0 Å². The van der Waals surface area contributed by atoms with E-state index in [1.54, 1.807) is 51.1 Å². The van der Waals surface area contributed by atoms with Crippen molar-refractivity contribution in [2.75, 3.05) is 6.54 Å². The third kappa shape index (κ3) is 3.75. The summed E-state index contributed by atoms with van der Waals surface area (Å²) in [4.78, 5) is 38.1. The summed E-state index contributed by atoms with van der Waals surface area (Å²) in [5, 5.41) is 9.78. The fourth-order valence-corrected chi connectivity index (χ4v) is 2.94. The highest BCUT2D eigenvalue weighted by atomic mass is 16.6. The molecule has 1 heterocycles. The van der Waals surface area contributed by atoms with Crippen LogP contribution in [0, 0.1) is 0 Å². The smallest absolute Gasteiger partial charge is 0.411 e. The zero-order chi connectivity index (χ0) is 18.0. The Balaban J connectivity index is 2.27. The van der Waals surface area contributed by atoms with Crippen molar-refractivity contribution in [2.45, 2.75) is 51.2 Å². The van der Waals surface area contributed by atoms with Gasteiger partial charge in [-0.15, -0.1) is 0 Å². The number of carbonyl (C=O) groups excluding carboxylic acids is 2. The number of carboxylic acid groups (broad SMARTS) is 1. The molecule has 6 heteroatoms. The van der Waals surface area contributed by atoms with Crippen LogP contribution in [-0.4, -0.2) is 45.5 Å². The quantitative estimate of drug-likeness (QED) is 0.856. The number of ketones is 1. The number of amides is 1. The van der Waals surface area contributed by atoms with Crippen molar-refractivity contribution < 1.29 is 24.2 Å². The van der Waals surface area contributed by atoms with Crippen LogP contribution in [0.25, 0.3) is 0 Å². The van der Waals surface area contributed by atoms with Crippen molar-refractivity contribution in [2.24, 2.45) is 0 Å². The second-order valence-corrected chi connectivity index (χ2v) is 7.04. The van der Waals surface area contributed by atoms with Gasteiger partial charge in [-0.1, -0.05) is 30.3 Å². The van der Waals surface area contributed by atoms with E-state index in [1.807, 2.05) is 0 Å². The van der Waals surface area contributed by atoms with Gasteiger partial charge in [0.15, 0.2) is 11.3 Å². The molecule has 1 aromatic rings. The maximum absolute atomic E-state index is 12.5. The number of hydrogen-bond donors (Lipinski definition) is 1. The lowest BCUT2D eigenvalue weighted by atomic mass is 9.88. The number of hydrogen-bond acceptors (Lipinski definition) is 4. The van der Waals surface area contributed by atoms with Gasteiger partial charge in [-0.05, 0) is 33.6 Å². The van der Waals surface area contributed by atoms with Crippen LogP contribution in [0.3, 0.4) is 0 Å². The maximum Gasteiger partial charge on any atom is 0.411 e. The number of carboxylic acids is 1. The molecule has 0 radical (unpaired) electrons. The zero-order valence-corrected chi connectivity index (χ0v) is 14.2. The lowest BCUT2D eigenvalue weighted by molar-refractivity contribution is -0.149. The zero-order valence-electron chi connectivity index (χ0n) is 14.2. The molecule has 1 N–H and O–H groups in total. The molecule has 1 aliphatic rings. The molecular formula is C18H23NO5. The molecule has 1 unspecified atom stereocenters. The first-order valence-corrected chi connectivity index (χ1v) is 7.98. The van der Waals surface area contributed by atoms with Gasteiger partial charge < -0.3 is 9.84 Å². The van der Waals surface area contributed by atoms with Crippen molar-refractivity contribution in [1.29, 1.82) is 0 Å². The fourth-order valence-electron chi connectivity index (χ4n) is 2.94. The van der Waals surface area contributed by atoms with Crippen LogP contribution in [0.5, 0.6) is 0 Å². The molecule has 6 nitrogen and oxygen atoms in total. The van der Waals surface area contributed by atoms with Gasteiger partial charge in [-0.2, -0.15) is 0 Å². The standard InChI is InChI=1S/C18H23NO5/c1-17(2,3)24-16(23)19-11-7-10-18(19,15(21)22)12-14(20)13-8-5-4-6-9-13/h4-6,8-9H,7,10-12H2,1-3H3,(H,21,22). The monoisotopic (exact) mass is 333 g/mol. The number of Topliss-reactive ketones (excluding diaryl/α,β-unsaturated/α-hetero) is 1. The molecule has 0 bridgehead atoms. The summed E-state index contributed by atoms with van der Waals surface area (Å²) >= 11 is 0. The summed E-state index contributed by atoms with van der Waals surface area (Å²) in [7, 11) is 0. The number of carbonyl (C=O) groups is 3. The molecule has 0 aromatic heterocycles. The fraction of sp³-hybridized carbons (Fsp3) is 0.500. The van der Waals surface area contributed by atoms with Gasteiger partial charge in [0.2, 0.25) is 0 Å². The van der Waals surface area contributed by atoms with Crippen LogP contribution in [-0.2, 0) is 9.53 Å². The number of nitrogens with zero attached hydrogens (tertiary/aromatic N) is 1. The lowest BCUT2D eigenvalue weighted by Crippen LogP contribution is -2.55. The first kappa shape index (κ1) is 18.0. The summed E-state index contributed by atoms with van der Waals surface area (Å²) in [6, 6.07) is 8.52. The Labute approximate surface area is 141 Å². The number of rotatable bonds is 4. The third-order valence-electron chi connectivity index (χ3n) is 4.05. The van der Waals surface area contributed by atoms with Crippen molar-refractivity contribution in [3.63, 3.8) is 0 Å². The van der Waals surface area contributed by atoms with Crippen LogP contribution in [0.15, 0.2) is 30.3 Å². The SMILES string of the molecule is CC(C)(C)OC(=O)N1CCCC1(CC(=O)c1ccccc1)C(=O)O. The van der Waals surface area contributed by atoms with Crippen LogP contribution < -0.4 is 0 Å². The van der Waals surface area contributed by atoms with E-state index in [9.17, 15) is 19.5 Å². The van der Waals surface area contributed by atoms with Crippen molar-refractivity contribution in [3.05, 3.63) is 35.9 Å².